The molecule has 0 saturated carbocycles. The van der Waals surface area contributed by atoms with Crippen LogP contribution in [0.3, 0.4) is 0 Å². The third kappa shape index (κ3) is 4.37. The minimum Gasteiger partial charge on any atom is -0.384 e. The molecule has 0 unspecified atom stereocenters. The van der Waals surface area contributed by atoms with Crippen molar-refractivity contribution in [1.82, 2.24) is 4.90 Å². The largest absolute Gasteiger partial charge is 0.384 e. The van der Waals surface area contributed by atoms with Gasteiger partial charge in [-0.15, -0.1) is 0 Å². The van der Waals surface area contributed by atoms with Gasteiger partial charge in [0.1, 0.15) is 18.0 Å². The molecule has 1 heterocycles. The number of likely N-dealkylation sites (tertiary alicyclic amines) is 1. The van der Waals surface area contributed by atoms with Gasteiger partial charge in [-0.25, -0.2) is 4.39 Å². The molecule has 1 aliphatic heterocycles. The average molecular weight is 404 g/mol. The van der Waals surface area contributed by atoms with Crippen LogP contribution >= 0.6 is 11.6 Å². The highest BCUT2D eigenvalue weighted by Gasteiger charge is 2.32. The number of hydrogen-bond donors (Lipinski definition) is 1. The van der Waals surface area contributed by atoms with Gasteiger partial charge in [-0.05, 0) is 38.0 Å². The molecule has 28 heavy (non-hydrogen) atoms. The summed E-state index contributed by atoms with van der Waals surface area (Å²) in [7, 11) is 0. The molecule has 2 atom stereocenters. The van der Waals surface area contributed by atoms with Crippen LogP contribution in [0.15, 0.2) is 41.8 Å². The first-order valence-electron chi connectivity index (χ1n) is 9.38. The van der Waals surface area contributed by atoms with Crippen molar-refractivity contribution in [3.05, 3.63) is 52.3 Å². The van der Waals surface area contributed by atoms with Gasteiger partial charge in [0.2, 0.25) is 0 Å². The highest BCUT2D eigenvalue weighted by molar-refractivity contribution is 6.32. The number of carbonyl (C=O) groups excluding carboxylic acids is 1. The third-order valence-electron chi connectivity index (χ3n) is 5.22. The molecule has 0 radical (unpaired) electrons. The molecular formula is C21H23ClFN3O2. The highest BCUT2D eigenvalue weighted by Crippen LogP contribution is 2.30. The molecule has 0 aromatic heterocycles. The van der Waals surface area contributed by atoms with Gasteiger partial charge in [0, 0.05) is 43.4 Å². The first kappa shape index (κ1) is 20.4. The van der Waals surface area contributed by atoms with Crippen LogP contribution in [0.4, 0.5) is 10.1 Å². The van der Waals surface area contributed by atoms with E-state index >= 15 is 0 Å². The van der Waals surface area contributed by atoms with Crippen molar-refractivity contribution >= 4 is 23.2 Å². The van der Waals surface area contributed by atoms with E-state index in [1.807, 2.05) is 23.1 Å². The lowest BCUT2D eigenvalue weighted by atomic mass is 10.0. The van der Waals surface area contributed by atoms with Gasteiger partial charge >= 0.3 is 0 Å². The number of anilines is 1. The van der Waals surface area contributed by atoms with E-state index in [4.69, 9.17) is 16.9 Å². The number of nitriles is 1. The second-order valence-corrected chi connectivity index (χ2v) is 7.58. The van der Waals surface area contributed by atoms with Crippen molar-refractivity contribution < 1.29 is 14.3 Å². The predicted octanol–water partition coefficient (Wildman–Crippen LogP) is 3.57. The zero-order chi connectivity index (χ0) is 20.3. The monoisotopic (exact) mass is 403 g/mol. The molecule has 7 heteroatoms. The molecule has 2 aliphatic rings. The maximum atomic E-state index is 14.4. The lowest BCUT2D eigenvalue weighted by Gasteiger charge is -2.32. The SMILES string of the molecule is C[C@H](O)C(=O)N1CC[C@H](N(CC2=C(F)CCC=C2)c2ccc(C#N)c(Cl)c2)C1. The Balaban J connectivity index is 1.89. The predicted molar refractivity (Wildman–Crippen MR) is 107 cm³/mol. The zero-order valence-electron chi connectivity index (χ0n) is 15.7. The van der Waals surface area contributed by atoms with Crippen LogP contribution in [0.5, 0.6) is 0 Å². The topological polar surface area (TPSA) is 67.6 Å². The van der Waals surface area contributed by atoms with E-state index in [2.05, 4.69) is 0 Å². The first-order valence-corrected chi connectivity index (χ1v) is 9.75. The molecular weight excluding hydrogens is 381 g/mol. The number of allylic oxidation sites excluding steroid dienone is 2. The van der Waals surface area contributed by atoms with Gasteiger partial charge in [-0.2, -0.15) is 5.26 Å². The van der Waals surface area contributed by atoms with E-state index in [0.717, 1.165) is 5.69 Å². The Kier molecular flexibility index (Phi) is 6.38. The van der Waals surface area contributed by atoms with Crippen molar-refractivity contribution in [2.24, 2.45) is 0 Å². The van der Waals surface area contributed by atoms with Crippen molar-refractivity contribution in [3.8, 4) is 6.07 Å². The molecule has 1 aliphatic carbocycles. The van der Waals surface area contributed by atoms with Crippen molar-refractivity contribution in [1.29, 1.82) is 5.26 Å². The Labute approximate surface area is 169 Å². The number of benzene rings is 1. The molecule has 1 N–H and O–H groups in total. The second-order valence-electron chi connectivity index (χ2n) is 7.18. The fourth-order valence-electron chi connectivity index (χ4n) is 3.67. The fraction of sp³-hybridized carbons (Fsp3) is 0.429. The van der Waals surface area contributed by atoms with E-state index in [0.29, 0.717) is 55.1 Å². The van der Waals surface area contributed by atoms with Gasteiger partial charge in [-0.1, -0.05) is 23.8 Å². The van der Waals surface area contributed by atoms with E-state index in [9.17, 15) is 14.3 Å². The van der Waals surface area contributed by atoms with Crippen molar-refractivity contribution in [2.45, 2.75) is 38.3 Å². The van der Waals surface area contributed by atoms with E-state index in [-0.39, 0.29) is 17.8 Å². The first-order chi connectivity index (χ1) is 13.4. The standard InChI is InChI=1S/C21H23ClFN3O2/c1-14(27)21(28)25-9-8-18(13-25)26(12-16-4-2-3-5-20(16)23)17-7-6-15(11-24)19(22)10-17/h2,4,6-7,10,14,18,27H,3,5,8-9,12-13H2,1H3/t14-,18-/m0/s1. The molecule has 1 fully saturated rings. The average Bonchev–Trinajstić information content (AvgIpc) is 3.16. The van der Waals surface area contributed by atoms with Crippen LogP contribution < -0.4 is 4.90 Å². The number of hydrogen-bond acceptors (Lipinski definition) is 4. The number of amides is 1. The summed E-state index contributed by atoms with van der Waals surface area (Å²) >= 11 is 6.23. The number of halogens is 2. The fourth-order valence-corrected chi connectivity index (χ4v) is 3.89. The summed E-state index contributed by atoms with van der Waals surface area (Å²) in [6.07, 6.45) is 4.51. The summed E-state index contributed by atoms with van der Waals surface area (Å²) in [4.78, 5) is 15.8. The van der Waals surface area contributed by atoms with Gasteiger partial charge in [0.15, 0.2) is 0 Å². The number of rotatable bonds is 5. The summed E-state index contributed by atoms with van der Waals surface area (Å²) in [5, 5.41) is 19.1. The minimum absolute atomic E-state index is 0.0395. The molecule has 1 amide bonds. The Hall–Kier alpha value is -2.36. The molecule has 1 aromatic rings. The van der Waals surface area contributed by atoms with E-state index in [1.54, 1.807) is 23.1 Å². The maximum absolute atomic E-state index is 14.4. The summed E-state index contributed by atoms with van der Waals surface area (Å²) in [5.74, 6) is -0.426. The van der Waals surface area contributed by atoms with Crippen molar-refractivity contribution in [2.75, 3.05) is 24.5 Å². The normalized spacial score (nSPS) is 20.2. The summed E-state index contributed by atoms with van der Waals surface area (Å²) in [6.45, 7) is 2.79. The van der Waals surface area contributed by atoms with E-state index in [1.165, 1.54) is 6.92 Å². The zero-order valence-corrected chi connectivity index (χ0v) is 16.5. The van der Waals surface area contributed by atoms with Crippen LogP contribution in [-0.4, -0.2) is 47.7 Å². The molecule has 3 rings (SSSR count). The van der Waals surface area contributed by atoms with Gasteiger partial charge in [-0.3, -0.25) is 4.79 Å². The van der Waals surface area contributed by atoms with Crippen molar-refractivity contribution in [3.63, 3.8) is 0 Å². The van der Waals surface area contributed by atoms with E-state index < -0.39 is 6.10 Å². The quantitative estimate of drug-likeness (QED) is 0.816. The molecule has 0 spiro atoms. The molecule has 1 saturated heterocycles. The summed E-state index contributed by atoms with van der Waals surface area (Å²) in [6, 6.07) is 7.17. The highest BCUT2D eigenvalue weighted by atomic mass is 35.5. The Morgan fingerprint density at radius 3 is 2.96 bits per heavy atom. The lowest BCUT2D eigenvalue weighted by molar-refractivity contribution is -0.138. The van der Waals surface area contributed by atoms with Crippen LogP contribution in [0, 0.1) is 11.3 Å². The van der Waals surface area contributed by atoms with Gasteiger partial charge in [0.05, 0.1) is 10.6 Å². The smallest absolute Gasteiger partial charge is 0.251 e. The van der Waals surface area contributed by atoms with Crippen LogP contribution in [-0.2, 0) is 4.79 Å². The number of aliphatic hydroxyl groups excluding tert-OH is 1. The van der Waals surface area contributed by atoms with Crippen LogP contribution in [0.25, 0.3) is 0 Å². The second kappa shape index (κ2) is 8.76. The summed E-state index contributed by atoms with van der Waals surface area (Å²) in [5.41, 5.74) is 1.78. The Morgan fingerprint density at radius 2 is 2.32 bits per heavy atom. The number of nitrogens with zero attached hydrogens (tertiary/aromatic N) is 3. The lowest BCUT2D eigenvalue weighted by Crippen LogP contribution is -2.42. The summed E-state index contributed by atoms with van der Waals surface area (Å²) < 4.78 is 14.4. The van der Waals surface area contributed by atoms with Crippen LogP contribution in [0.1, 0.15) is 31.7 Å². The maximum Gasteiger partial charge on any atom is 0.251 e. The third-order valence-corrected chi connectivity index (χ3v) is 5.53. The number of aliphatic hydroxyl groups is 1. The molecule has 5 nitrogen and oxygen atoms in total. The molecule has 148 valence electrons. The molecule has 1 aromatic carbocycles. The number of carbonyl (C=O) groups is 1. The van der Waals surface area contributed by atoms with Gasteiger partial charge < -0.3 is 14.9 Å². The molecule has 0 bridgehead atoms. The minimum atomic E-state index is -1.04. The Morgan fingerprint density at radius 1 is 1.54 bits per heavy atom. The van der Waals surface area contributed by atoms with Gasteiger partial charge in [0.25, 0.3) is 5.91 Å². The van der Waals surface area contributed by atoms with Crippen LogP contribution in [0.2, 0.25) is 5.02 Å². The Bertz CT molecular complexity index is 860.